The SMILES string of the molecule is CCCCC/C=C\C/C=C\CCCCCCCC(=O)OCCCCOc1cc(CCCN2CCOCC2)cc(OCCCCOC(=O)CCCCCCC/C=C\C/C=C\CCCCC)c1. The largest absolute Gasteiger partial charge is 0.493 e. The third-order valence-electron chi connectivity index (χ3n) is 11.8. The van der Waals surface area contributed by atoms with E-state index in [9.17, 15) is 9.59 Å². The van der Waals surface area contributed by atoms with Crippen LogP contribution in [0.2, 0.25) is 0 Å². The van der Waals surface area contributed by atoms with Crippen LogP contribution in [0.1, 0.15) is 206 Å². The number of morpholine rings is 1. The van der Waals surface area contributed by atoms with Gasteiger partial charge in [0, 0.05) is 32.0 Å². The van der Waals surface area contributed by atoms with E-state index in [0.717, 1.165) is 134 Å². The monoisotopic (exact) mass is 906 g/mol. The second kappa shape index (κ2) is 44.5. The Balaban J connectivity index is 1.55. The Bertz CT molecular complexity index is 1290. The molecule has 1 aliphatic rings. The minimum atomic E-state index is -0.0891. The maximum Gasteiger partial charge on any atom is 0.305 e. The van der Waals surface area contributed by atoms with Gasteiger partial charge in [-0.3, -0.25) is 14.5 Å². The van der Waals surface area contributed by atoms with Gasteiger partial charge in [0.15, 0.2) is 0 Å². The average molecular weight is 906 g/mol. The van der Waals surface area contributed by atoms with Gasteiger partial charge in [0.05, 0.1) is 39.6 Å². The lowest BCUT2D eigenvalue weighted by Crippen LogP contribution is -2.36. The lowest BCUT2D eigenvalue weighted by atomic mass is 10.1. The zero-order valence-corrected chi connectivity index (χ0v) is 41.7. The maximum absolute atomic E-state index is 12.3. The molecule has 0 bridgehead atoms. The van der Waals surface area contributed by atoms with Crippen LogP contribution in [-0.2, 0) is 30.2 Å². The molecule has 0 saturated carbocycles. The highest BCUT2D eigenvalue weighted by molar-refractivity contribution is 5.69. The van der Waals surface area contributed by atoms with E-state index in [1.165, 1.54) is 95.5 Å². The van der Waals surface area contributed by atoms with Gasteiger partial charge in [-0.1, -0.05) is 127 Å². The van der Waals surface area contributed by atoms with Gasteiger partial charge in [0.2, 0.25) is 0 Å². The van der Waals surface area contributed by atoms with Crippen molar-refractivity contribution < 1.29 is 33.3 Å². The first kappa shape index (κ1) is 57.8. The van der Waals surface area contributed by atoms with E-state index in [-0.39, 0.29) is 11.9 Å². The van der Waals surface area contributed by atoms with Crippen molar-refractivity contribution in [1.29, 1.82) is 0 Å². The fourth-order valence-corrected chi connectivity index (χ4v) is 7.74. The number of benzene rings is 1. The van der Waals surface area contributed by atoms with Crippen LogP contribution in [0.15, 0.2) is 66.8 Å². The van der Waals surface area contributed by atoms with E-state index in [0.29, 0.717) is 39.3 Å². The van der Waals surface area contributed by atoms with Crippen molar-refractivity contribution in [3.05, 3.63) is 72.4 Å². The number of rotatable bonds is 44. The van der Waals surface area contributed by atoms with Gasteiger partial charge in [-0.25, -0.2) is 0 Å². The summed E-state index contributed by atoms with van der Waals surface area (Å²) in [6.07, 6.45) is 50.3. The molecule has 8 nitrogen and oxygen atoms in total. The van der Waals surface area contributed by atoms with Crippen LogP contribution in [0.5, 0.6) is 11.5 Å². The minimum Gasteiger partial charge on any atom is -0.493 e. The third-order valence-corrected chi connectivity index (χ3v) is 11.8. The first-order chi connectivity index (χ1) is 32.1. The summed E-state index contributed by atoms with van der Waals surface area (Å²) in [5.74, 6) is 1.44. The molecule has 1 heterocycles. The standard InChI is InChI=1S/C57H95NO7/c1-3-5-7-9-11-13-15-17-19-21-23-25-27-29-31-39-56(59)64-46-35-33-44-62-54-50-53(38-37-41-58-42-48-61-49-43-58)51-55(52-54)63-45-34-36-47-65-57(60)40-32-30-28-26-24-22-20-18-16-14-12-10-8-6-4-2/h11-14,17-20,50-52H,3-10,15-16,21-49H2,1-2H3/b13-11-,14-12-,19-17-,20-18-. The molecule has 8 heteroatoms. The molecule has 1 aromatic rings. The van der Waals surface area contributed by atoms with Crippen molar-refractivity contribution in [2.75, 3.05) is 59.3 Å². The molecule has 2 rings (SSSR count). The molecular weight excluding hydrogens is 811 g/mol. The molecule has 0 unspecified atom stereocenters. The quantitative estimate of drug-likeness (QED) is 0.0364. The summed E-state index contributed by atoms with van der Waals surface area (Å²) in [6.45, 7) is 11.1. The van der Waals surface area contributed by atoms with Crippen molar-refractivity contribution >= 4 is 11.9 Å². The van der Waals surface area contributed by atoms with Crippen LogP contribution in [0, 0.1) is 0 Å². The smallest absolute Gasteiger partial charge is 0.305 e. The molecule has 370 valence electrons. The lowest BCUT2D eigenvalue weighted by Gasteiger charge is -2.26. The van der Waals surface area contributed by atoms with Crippen molar-refractivity contribution in [2.24, 2.45) is 0 Å². The van der Waals surface area contributed by atoms with Crippen LogP contribution in [-0.4, -0.2) is 76.1 Å². The normalized spacial score (nSPS) is 13.5. The number of hydrogen-bond acceptors (Lipinski definition) is 8. The highest BCUT2D eigenvalue weighted by Crippen LogP contribution is 2.25. The third kappa shape index (κ3) is 37.4. The Hall–Kier alpha value is -3.36. The Morgan fingerprint density at radius 3 is 1.37 bits per heavy atom. The fraction of sp³-hybridized carbons (Fsp3) is 0.719. The molecular formula is C57H95NO7. The summed E-state index contributed by atoms with van der Waals surface area (Å²) in [5, 5.41) is 0. The van der Waals surface area contributed by atoms with E-state index in [1.54, 1.807) is 0 Å². The Morgan fingerprint density at radius 2 is 0.908 bits per heavy atom. The summed E-state index contributed by atoms with van der Waals surface area (Å²) in [6, 6.07) is 6.24. The van der Waals surface area contributed by atoms with E-state index in [1.807, 2.05) is 6.07 Å². The zero-order chi connectivity index (χ0) is 46.4. The Labute approximate surface area is 398 Å². The number of esters is 2. The summed E-state index contributed by atoms with van der Waals surface area (Å²) >= 11 is 0. The van der Waals surface area contributed by atoms with Crippen molar-refractivity contribution in [1.82, 2.24) is 4.90 Å². The van der Waals surface area contributed by atoms with E-state index >= 15 is 0 Å². The number of ether oxygens (including phenoxy) is 5. The predicted molar refractivity (Wildman–Crippen MR) is 272 cm³/mol. The molecule has 1 aromatic carbocycles. The highest BCUT2D eigenvalue weighted by atomic mass is 16.5. The van der Waals surface area contributed by atoms with E-state index in [4.69, 9.17) is 23.7 Å². The van der Waals surface area contributed by atoms with Crippen LogP contribution in [0.25, 0.3) is 0 Å². The molecule has 0 amide bonds. The van der Waals surface area contributed by atoms with Gasteiger partial charge >= 0.3 is 11.9 Å². The van der Waals surface area contributed by atoms with Gasteiger partial charge < -0.3 is 23.7 Å². The van der Waals surface area contributed by atoms with Crippen LogP contribution >= 0.6 is 0 Å². The average Bonchev–Trinajstić information content (AvgIpc) is 3.31. The lowest BCUT2D eigenvalue weighted by molar-refractivity contribution is -0.144. The second-order valence-electron chi connectivity index (χ2n) is 17.9. The Morgan fingerprint density at radius 1 is 0.492 bits per heavy atom. The Kier molecular flexibility index (Phi) is 39.5. The molecule has 0 radical (unpaired) electrons. The summed E-state index contributed by atoms with van der Waals surface area (Å²) in [7, 11) is 0. The number of carbonyl (C=O) groups is 2. The van der Waals surface area contributed by atoms with Gasteiger partial charge in [0.1, 0.15) is 11.5 Å². The molecule has 0 atom stereocenters. The summed E-state index contributed by atoms with van der Waals surface area (Å²) in [4.78, 5) is 27.0. The van der Waals surface area contributed by atoms with E-state index < -0.39 is 0 Å². The van der Waals surface area contributed by atoms with Crippen molar-refractivity contribution in [3.63, 3.8) is 0 Å². The first-order valence-corrected chi connectivity index (χ1v) is 26.7. The molecule has 0 aromatic heterocycles. The van der Waals surface area contributed by atoms with Gasteiger partial charge in [-0.2, -0.15) is 0 Å². The number of carbonyl (C=O) groups excluding carboxylic acids is 2. The fourth-order valence-electron chi connectivity index (χ4n) is 7.74. The molecule has 1 fully saturated rings. The number of unbranched alkanes of at least 4 members (excludes halogenated alkanes) is 18. The summed E-state index contributed by atoms with van der Waals surface area (Å²) in [5.41, 5.74) is 1.20. The zero-order valence-electron chi connectivity index (χ0n) is 41.7. The van der Waals surface area contributed by atoms with Crippen molar-refractivity contribution in [3.8, 4) is 11.5 Å². The van der Waals surface area contributed by atoms with Crippen LogP contribution < -0.4 is 9.47 Å². The summed E-state index contributed by atoms with van der Waals surface area (Å²) < 4.78 is 28.9. The number of hydrogen-bond donors (Lipinski definition) is 0. The minimum absolute atomic E-state index is 0.0891. The van der Waals surface area contributed by atoms with E-state index in [2.05, 4.69) is 79.5 Å². The van der Waals surface area contributed by atoms with Crippen LogP contribution in [0.4, 0.5) is 0 Å². The number of nitrogens with zero attached hydrogens (tertiary/aromatic N) is 1. The maximum atomic E-state index is 12.3. The molecule has 0 aliphatic carbocycles. The topological polar surface area (TPSA) is 83.5 Å². The van der Waals surface area contributed by atoms with Crippen LogP contribution in [0.3, 0.4) is 0 Å². The van der Waals surface area contributed by atoms with Crippen molar-refractivity contribution in [2.45, 2.75) is 206 Å². The van der Waals surface area contributed by atoms with Gasteiger partial charge in [-0.05, 0) is 140 Å². The first-order valence-electron chi connectivity index (χ1n) is 26.7. The molecule has 1 aliphatic heterocycles. The molecule has 0 spiro atoms. The molecule has 0 N–H and O–H groups in total. The molecule has 1 saturated heterocycles. The molecule has 65 heavy (non-hydrogen) atoms. The number of aryl methyl sites for hydroxylation is 1. The van der Waals surface area contributed by atoms with Gasteiger partial charge in [0.25, 0.3) is 0 Å². The second-order valence-corrected chi connectivity index (χ2v) is 17.9. The number of allylic oxidation sites excluding steroid dienone is 8. The highest BCUT2D eigenvalue weighted by Gasteiger charge is 2.11. The van der Waals surface area contributed by atoms with Gasteiger partial charge in [-0.15, -0.1) is 0 Å². The predicted octanol–water partition coefficient (Wildman–Crippen LogP) is 15.0.